The van der Waals surface area contributed by atoms with Crippen molar-refractivity contribution in [1.29, 1.82) is 0 Å². The average Bonchev–Trinajstić information content (AvgIpc) is 2.53. The van der Waals surface area contributed by atoms with Gasteiger partial charge < -0.3 is 11.1 Å². The molecular weight excluding hydrogens is 230 g/mol. The Morgan fingerprint density at radius 1 is 1.22 bits per heavy atom. The summed E-state index contributed by atoms with van der Waals surface area (Å²) >= 11 is 0. The second-order valence-electron chi connectivity index (χ2n) is 5.00. The van der Waals surface area contributed by atoms with Gasteiger partial charge in [0.1, 0.15) is 0 Å². The van der Waals surface area contributed by atoms with E-state index in [1.165, 1.54) is 7.05 Å². The first-order chi connectivity index (χ1) is 8.56. The van der Waals surface area contributed by atoms with Crippen LogP contribution in [0.3, 0.4) is 0 Å². The van der Waals surface area contributed by atoms with Crippen molar-refractivity contribution < 1.29 is 9.59 Å². The minimum absolute atomic E-state index is 0.229. The second kappa shape index (κ2) is 3.81. The highest BCUT2D eigenvalue weighted by Crippen LogP contribution is 2.27. The van der Waals surface area contributed by atoms with Gasteiger partial charge >= 0.3 is 0 Å². The molecule has 3 N–H and O–H groups in total. The van der Waals surface area contributed by atoms with E-state index in [9.17, 15) is 9.59 Å². The summed E-state index contributed by atoms with van der Waals surface area (Å²) in [6, 6.07) is 5.96. The van der Waals surface area contributed by atoms with Crippen LogP contribution in [-0.4, -0.2) is 35.8 Å². The Hall–Kier alpha value is -1.88. The van der Waals surface area contributed by atoms with Gasteiger partial charge in [-0.3, -0.25) is 14.5 Å². The van der Waals surface area contributed by atoms with E-state index in [4.69, 9.17) is 5.73 Å². The van der Waals surface area contributed by atoms with E-state index in [0.717, 1.165) is 23.4 Å². The number of nitrogens with one attached hydrogen (secondary N) is 1. The number of rotatable bonds is 2. The van der Waals surface area contributed by atoms with Gasteiger partial charge in [0.05, 0.1) is 11.1 Å². The van der Waals surface area contributed by atoms with Gasteiger partial charge in [-0.1, -0.05) is 0 Å². The fraction of sp³-hybridized carbons (Fsp3) is 0.385. The molecule has 1 saturated carbocycles. The maximum atomic E-state index is 11.8. The zero-order chi connectivity index (χ0) is 12.9. The summed E-state index contributed by atoms with van der Waals surface area (Å²) in [4.78, 5) is 24.7. The summed E-state index contributed by atoms with van der Waals surface area (Å²) in [6.07, 6.45) is 1.90. The summed E-state index contributed by atoms with van der Waals surface area (Å²) in [5.74, 6) is -0.462. The zero-order valence-electron chi connectivity index (χ0n) is 10.1. The second-order valence-corrected chi connectivity index (χ2v) is 5.00. The number of imide groups is 1. The van der Waals surface area contributed by atoms with E-state index in [1.54, 1.807) is 12.1 Å². The molecule has 0 unspecified atom stereocenters. The first-order valence-electron chi connectivity index (χ1n) is 6.05. The van der Waals surface area contributed by atoms with Crippen molar-refractivity contribution in [2.45, 2.75) is 24.9 Å². The van der Waals surface area contributed by atoms with Crippen molar-refractivity contribution >= 4 is 17.5 Å². The molecule has 94 valence electrons. The number of carbonyl (C=O) groups is 2. The number of hydrogen-bond donors (Lipinski definition) is 2. The van der Waals surface area contributed by atoms with Crippen LogP contribution in [0.1, 0.15) is 33.6 Å². The largest absolute Gasteiger partial charge is 0.382 e. The van der Waals surface area contributed by atoms with Gasteiger partial charge in [-0.25, -0.2) is 0 Å². The molecule has 5 nitrogen and oxygen atoms in total. The third-order valence-corrected chi connectivity index (χ3v) is 3.63. The Balaban J connectivity index is 1.84. The molecule has 0 saturated heterocycles. The van der Waals surface area contributed by atoms with Crippen molar-refractivity contribution in [3.8, 4) is 0 Å². The number of fused-ring (bicyclic) bond motifs is 1. The molecule has 0 aromatic heterocycles. The van der Waals surface area contributed by atoms with E-state index >= 15 is 0 Å². The Morgan fingerprint density at radius 2 is 1.89 bits per heavy atom. The molecule has 0 atom stereocenters. The monoisotopic (exact) mass is 245 g/mol. The summed E-state index contributed by atoms with van der Waals surface area (Å²) in [7, 11) is 1.50. The smallest absolute Gasteiger partial charge is 0.261 e. The summed E-state index contributed by atoms with van der Waals surface area (Å²) < 4.78 is 0. The molecule has 5 heteroatoms. The molecule has 1 fully saturated rings. The Kier molecular flexibility index (Phi) is 2.38. The van der Waals surface area contributed by atoms with Crippen LogP contribution in [0.5, 0.6) is 0 Å². The molecule has 2 aliphatic rings. The lowest BCUT2D eigenvalue weighted by atomic mass is 9.87. The summed E-state index contributed by atoms with van der Waals surface area (Å²) in [6.45, 7) is 0. The molecule has 1 aromatic carbocycles. The van der Waals surface area contributed by atoms with Gasteiger partial charge in [0.25, 0.3) is 11.8 Å². The fourth-order valence-electron chi connectivity index (χ4n) is 2.47. The highest BCUT2D eigenvalue weighted by Gasteiger charge is 2.33. The molecule has 0 radical (unpaired) electrons. The minimum atomic E-state index is -0.232. The Bertz CT molecular complexity index is 535. The predicted molar refractivity (Wildman–Crippen MR) is 67.5 cm³/mol. The van der Waals surface area contributed by atoms with Crippen molar-refractivity contribution in [3.63, 3.8) is 0 Å². The quantitative estimate of drug-likeness (QED) is 0.756. The Labute approximate surface area is 105 Å². The number of hydrogen-bond acceptors (Lipinski definition) is 4. The molecular formula is C13H15N3O2. The van der Waals surface area contributed by atoms with E-state index < -0.39 is 0 Å². The molecule has 18 heavy (non-hydrogen) atoms. The summed E-state index contributed by atoms with van der Waals surface area (Å²) in [5, 5.41) is 3.33. The maximum Gasteiger partial charge on any atom is 0.261 e. The van der Waals surface area contributed by atoms with Crippen LogP contribution in [0.25, 0.3) is 0 Å². The molecule has 1 aliphatic heterocycles. The first-order valence-corrected chi connectivity index (χ1v) is 6.05. The van der Waals surface area contributed by atoms with Gasteiger partial charge in [0.2, 0.25) is 0 Å². The molecule has 1 aliphatic carbocycles. The van der Waals surface area contributed by atoms with Gasteiger partial charge in [-0.15, -0.1) is 0 Å². The SMILES string of the molecule is CN1C(=O)c2ccc(NC3CC(N)C3)cc2C1=O. The van der Waals surface area contributed by atoms with Gasteiger partial charge in [0, 0.05) is 24.8 Å². The molecule has 3 rings (SSSR count). The average molecular weight is 245 g/mol. The third-order valence-electron chi connectivity index (χ3n) is 3.63. The summed E-state index contributed by atoms with van der Waals surface area (Å²) in [5.41, 5.74) is 7.57. The van der Waals surface area contributed by atoms with E-state index in [2.05, 4.69) is 5.32 Å². The number of carbonyl (C=O) groups excluding carboxylic acids is 2. The number of benzene rings is 1. The molecule has 1 aromatic rings. The standard InChI is InChI=1S/C13H15N3O2/c1-16-12(17)10-3-2-8(6-11(10)13(16)18)15-9-4-7(14)5-9/h2-3,6-7,9,15H,4-5,14H2,1H3. The number of anilines is 1. The highest BCUT2D eigenvalue weighted by atomic mass is 16.2. The fourth-order valence-corrected chi connectivity index (χ4v) is 2.47. The topological polar surface area (TPSA) is 75.4 Å². The third kappa shape index (κ3) is 1.59. The Morgan fingerprint density at radius 3 is 2.56 bits per heavy atom. The molecule has 0 spiro atoms. The lowest BCUT2D eigenvalue weighted by Crippen LogP contribution is -2.44. The van der Waals surface area contributed by atoms with Crippen LogP contribution < -0.4 is 11.1 Å². The number of amides is 2. The van der Waals surface area contributed by atoms with Gasteiger partial charge in [-0.2, -0.15) is 0 Å². The normalized spacial score (nSPS) is 26.0. The molecule has 2 amide bonds. The van der Waals surface area contributed by atoms with E-state index in [1.807, 2.05) is 6.07 Å². The maximum absolute atomic E-state index is 11.8. The van der Waals surface area contributed by atoms with Gasteiger partial charge in [0.15, 0.2) is 0 Å². The van der Waals surface area contributed by atoms with Crippen LogP contribution in [0.2, 0.25) is 0 Å². The number of nitrogens with zero attached hydrogens (tertiary/aromatic N) is 1. The first kappa shape index (κ1) is 11.2. The van der Waals surface area contributed by atoms with E-state index in [-0.39, 0.29) is 17.9 Å². The van der Waals surface area contributed by atoms with Crippen molar-refractivity contribution in [2.75, 3.05) is 12.4 Å². The van der Waals surface area contributed by atoms with Crippen molar-refractivity contribution in [2.24, 2.45) is 5.73 Å². The van der Waals surface area contributed by atoms with Crippen molar-refractivity contribution in [1.82, 2.24) is 4.90 Å². The molecule has 1 heterocycles. The lowest BCUT2D eigenvalue weighted by molar-refractivity contribution is 0.0693. The number of nitrogens with two attached hydrogens (primary N) is 1. The zero-order valence-corrected chi connectivity index (χ0v) is 10.1. The van der Waals surface area contributed by atoms with Crippen LogP contribution >= 0.6 is 0 Å². The molecule has 0 bridgehead atoms. The van der Waals surface area contributed by atoms with E-state index in [0.29, 0.717) is 17.2 Å². The van der Waals surface area contributed by atoms with Crippen LogP contribution in [-0.2, 0) is 0 Å². The van der Waals surface area contributed by atoms with Crippen LogP contribution in [0.4, 0.5) is 5.69 Å². The lowest BCUT2D eigenvalue weighted by Gasteiger charge is -2.33. The predicted octanol–water partition coefficient (Wildman–Crippen LogP) is 0.814. The van der Waals surface area contributed by atoms with Crippen LogP contribution in [0, 0.1) is 0 Å². The minimum Gasteiger partial charge on any atom is -0.382 e. The van der Waals surface area contributed by atoms with Crippen molar-refractivity contribution in [3.05, 3.63) is 29.3 Å². The van der Waals surface area contributed by atoms with Gasteiger partial charge in [-0.05, 0) is 31.0 Å². The van der Waals surface area contributed by atoms with Crippen LogP contribution in [0.15, 0.2) is 18.2 Å². The highest BCUT2D eigenvalue weighted by molar-refractivity contribution is 6.21.